The van der Waals surface area contributed by atoms with Gasteiger partial charge in [-0.2, -0.15) is 0 Å². The predicted octanol–water partition coefficient (Wildman–Crippen LogP) is 2.42. The maximum absolute atomic E-state index is 12.4. The highest BCUT2D eigenvalue weighted by Gasteiger charge is 2.23. The van der Waals surface area contributed by atoms with E-state index in [0.717, 1.165) is 23.7 Å². The lowest BCUT2D eigenvalue weighted by molar-refractivity contribution is 0.330. The van der Waals surface area contributed by atoms with E-state index in [1.807, 2.05) is 6.92 Å². The number of hydrogen-bond donors (Lipinski definition) is 2. The molecule has 0 saturated carbocycles. The van der Waals surface area contributed by atoms with Crippen LogP contribution in [0.25, 0.3) is 0 Å². The molecule has 1 aromatic carbocycles. The third kappa shape index (κ3) is 5.63. The van der Waals surface area contributed by atoms with Gasteiger partial charge in [0.25, 0.3) is 0 Å². The second kappa shape index (κ2) is 9.05. The summed E-state index contributed by atoms with van der Waals surface area (Å²) in [4.78, 5) is 0.116. The van der Waals surface area contributed by atoms with Crippen molar-refractivity contribution in [3.63, 3.8) is 0 Å². The third-order valence-electron chi connectivity index (χ3n) is 3.08. The van der Waals surface area contributed by atoms with Gasteiger partial charge in [0.2, 0.25) is 10.0 Å². The van der Waals surface area contributed by atoms with Crippen LogP contribution in [-0.4, -0.2) is 45.1 Å². The van der Waals surface area contributed by atoms with Crippen LogP contribution >= 0.6 is 12.2 Å². The molecule has 23 heavy (non-hydrogen) atoms. The van der Waals surface area contributed by atoms with E-state index in [4.69, 9.17) is 17.0 Å². The summed E-state index contributed by atoms with van der Waals surface area (Å²) in [5.41, 5.74) is 0.600. The highest BCUT2D eigenvalue weighted by molar-refractivity contribution is 7.89. The molecule has 0 spiro atoms. The van der Waals surface area contributed by atoms with Gasteiger partial charge < -0.3 is 15.4 Å². The van der Waals surface area contributed by atoms with Crippen LogP contribution in [0.15, 0.2) is 23.1 Å². The summed E-state index contributed by atoms with van der Waals surface area (Å²) in [6, 6.07) is 4.92. The Morgan fingerprint density at radius 2 is 2.00 bits per heavy atom. The minimum atomic E-state index is -3.60. The lowest BCUT2D eigenvalue weighted by Gasteiger charge is -2.17. The van der Waals surface area contributed by atoms with Gasteiger partial charge in [-0.15, -0.1) is 0 Å². The van der Waals surface area contributed by atoms with Gasteiger partial charge in [0.05, 0.1) is 6.61 Å². The van der Waals surface area contributed by atoms with Gasteiger partial charge in [-0.1, -0.05) is 13.3 Å². The summed E-state index contributed by atoms with van der Waals surface area (Å²) in [6.07, 6.45) is 2.09. The van der Waals surface area contributed by atoms with Gasteiger partial charge in [0.15, 0.2) is 5.11 Å². The number of benzene rings is 1. The molecule has 1 rings (SSSR count). The van der Waals surface area contributed by atoms with E-state index in [0.29, 0.717) is 23.2 Å². The number of nitrogens with zero attached hydrogens (tertiary/aromatic N) is 1. The maximum Gasteiger partial charge on any atom is 0.246 e. The zero-order valence-electron chi connectivity index (χ0n) is 14.0. The second-order valence-corrected chi connectivity index (χ2v) is 7.64. The molecule has 0 aliphatic carbocycles. The molecule has 0 unspecified atom stereocenters. The summed E-state index contributed by atoms with van der Waals surface area (Å²) in [7, 11) is -0.628. The molecular weight excluding hydrogens is 334 g/mol. The molecule has 0 fully saturated rings. The van der Waals surface area contributed by atoms with Gasteiger partial charge in [-0.05, 0) is 43.8 Å². The van der Waals surface area contributed by atoms with Crippen molar-refractivity contribution in [2.24, 2.45) is 0 Å². The summed E-state index contributed by atoms with van der Waals surface area (Å²) in [5, 5.41) is 6.55. The summed E-state index contributed by atoms with van der Waals surface area (Å²) < 4.78 is 31.5. The van der Waals surface area contributed by atoms with Crippen molar-refractivity contribution in [2.75, 3.05) is 32.6 Å². The smallest absolute Gasteiger partial charge is 0.246 e. The number of sulfonamides is 1. The Hall–Kier alpha value is -1.38. The van der Waals surface area contributed by atoms with Crippen molar-refractivity contribution in [2.45, 2.75) is 31.6 Å². The topological polar surface area (TPSA) is 70.7 Å². The molecule has 0 saturated heterocycles. The number of rotatable bonds is 8. The molecule has 0 aliphatic rings. The summed E-state index contributed by atoms with van der Waals surface area (Å²) >= 11 is 5.21. The fourth-order valence-electron chi connectivity index (χ4n) is 1.81. The fourth-order valence-corrected chi connectivity index (χ4v) is 3.08. The van der Waals surface area contributed by atoms with E-state index < -0.39 is 10.0 Å². The van der Waals surface area contributed by atoms with Crippen molar-refractivity contribution in [3.8, 4) is 5.75 Å². The Morgan fingerprint density at radius 1 is 1.30 bits per heavy atom. The lowest BCUT2D eigenvalue weighted by Crippen LogP contribution is -2.29. The number of hydrogen-bond acceptors (Lipinski definition) is 4. The van der Waals surface area contributed by atoms with Gasteiger partial charge >= 0.3 is 0 Å². The van der Waals surface area contributed by atoms with Crippen molar-refractivity contribution in [3.05, 3.63) is 18.2 Å². The number of nitrogens with one attached hydrogen (secondary N) is 2. The van der Waals surface area contributed by atoms with Crippen LogP contribution in [-0.2, 0) is 10.0 Å². The Kier molecular flexibility index (Phi) is 7.74. The Morgan fingerprint density at radius 3 is 2.57 bits per heavy atom. The Bertz CT molecular complexity index is 631. The second-order valence-electron chi connectivity index (χ2n) is 5.12. The molecule has 0 atom stereocenters. The van der Waals surface area contributed by atoms with E-state index in [9.17, 15) is 8.42 Å². The van der Waals surface area contributed by atoms with Gasteiger partial charge in [0.1, 0.15) is 10.6 Å². The fraction of sp³-hybridized carbons (Fsp3) is 0.533. The average Bonchev–Trinajstić information content (AvgIpc) is 2.49. The predicted molar refractivity (Wildman–Crippen MR) is 97.6 cm³/mol. The van der Waals surface area contributed by atoms with Crippen LogP contribution in [0.2, 0.25) is 0 Å². The van der Waals surface area contributed by atoms with Crippen LogP contribution in [0, 0.1) is 0 Å². The molecule has 2 N–H and O–H groups in total. The lowest BCUT2D eigenvalue weighted by atomic mass is 10.3. The molecule has 1 aromatic rings. The molecule has 0 bridgehead atoms. The van der Waals surface area contributed by atoms with Crippen molar-refractivity contribution >= 4 is 33.0 Å². The Balaban J connectivity index is 3.02. The van der Waals surface area contributed by atoms with Crippen molar-refractivity contribution in [1.82, 2.24) is 9.62 Å². The van der Waals surface area contributed by atoms with Gasteiger partial charge in [-0.3, -0.25) is 0 Å². The molecule has 130 valence electrons. The van der Waals surface area contributed by atoms with E-state index in [-0.39, 0.29) is 4.90 Å². The first-order chi connectivity index (χ1) is 10.8. The maximum atomic E-state index is 12.4. The number of thiocarbonyl (C=S) groups is 1. The van der Waals surface area contributed by atoms with Gasteiger partial charge in [0, 0.05) is 26.3 Å². The molecule has 0 heterocycles. The number of unbranched alkanes of at least 4 members (excludes halogenated alkanes) is 1. The van der Waals surface area contributed by atoms with Crippen LogP contribution < -0.4 is 15.4 Å². The molecule has 0 amide bonds. The van der Waals surface area contributed by atoms with E-state index in [1.54, 1.807) is 12.1 Å². The monoisotopic (exact) mass is 359 g/mol. The number of ether oxygens (including phenoxy) is 1. The van der Waals surface area contributed by atoms with Crippen LogP contribution in [0.5, 0.6) is 5.75 Å². The highest BCUT2D eigenvalue weighted by atomic mass is 32.2. The van der Waals surface area contributed by atoms with Crippen LogP contribution in [0.4, 0.5) is 5.69 Å². The quantitative estimate of drug-likeness (QED) is 0.549. The minimum absolute atomic E-state index is 0.116. The first-order valence-electron chi connectivity index (χ1n) is 7.57. The SMILES string of the molecule is CCCCNC(=S)Nc1ccc(OCC)c(S(=O)(=O)N(C)C)c1. The molecule has 0 radical (unpaired) electrons. The zero-order chi connectivity index (χ0) is 17.5. The summed E-state index contributed by atoms with van der Waals surface area (Å²) in [6.45, 7) is 5.08. The molecular formula is C15H25N3O3S2. The zero-order valence-corrected chi connectivity index (χ0v) is 15.7. The van der Waals surface area contributed by atoms with E-state index >= 15 is 0 Å². The minimum Gasteiger partial charge on any atom is -0.492 e. The Labute approximate surface area is 144 Å². The van der Waals surface area contributed by atoms with Crippen molar-refractivity contribution in [1.29, 1.82) is 0 Å². The van der Waals surface area contributed by atoms with Gasteiger partial charge in [-0.25, -0.2) is 12.7 Å². The largest absolute Gasteiger partial charge is 0.492 e. The highest BCUT2D eigenvalue weighted by Crippen LogP contribution is 2.29. The average molecular weight is 360 g/mol. The molecule has 0 aromatic heterocycles. The van der Waals surface area contributed by atoms with Crippen LogP contribution in [0.1, 0.15) is 26.7 Å². The standard InChI is InChI=1S/C15H25N3O3S2/c1-5-7-10-16-15(22)17-12-8-9-13(21-6-2)14(11-12)23(19,20)18(3)4/h8-9,11H,5-7,10H2,1-4H3,(H2,16,17,22). The first-order valence-corrected chi connectivity index (χ1v) is 9.42. The van der Waals surface area contributed by atoms with E-state index in [2.05, 4.69) is 17.6 Å². The van der Waals surface area contributed by atoms with Crippen LogP contribution in [0.3, 0.4) is 0 Å². The first kappa shape index (κ1) is 19.7. The van der Waals surface area contributed by atoms with Crippen molar-refractivity contribution < 1.29 is 13.2 Å². The molecule has 6 nitrogen and oxygen atoms in total. The normalized spacial score (nSPS) is 11.3. The molecule has 0 aliphatic heterocycles. The number of anilines is 1. The molecule has 8 heteroatoms. The third-order valence-corrected chi connectivity index (χ3v) is 5.16. The summed E-state index contributed by atoms with van der Waals surface area (Å²) in [5.74, 6) is 0.330. The van der Waals surface area contributed by atoms with E-state index in [1.165, 1.54) is 20.2 Å².